The molecule has 0 radical (unpaired) electrons. The molecule has 6 heteroatoms. The van der Waals surface area contributed by atoms with Gasteiger partial charge in [-0.1, -0.05) is 30.3 Å². The molecule has 0 spiro atoms. The van der Waals surface area contributed by atoms with Gasteiger partial charge in [-0.15, -0.1) is 0 Å². The molecule has 0 aliphatic carbocycles. The van der Waals surface area contributed by atoms with E-state index in [2.05, 4.69) is 6.07 Å². The molecule has 3 rings (SSSR count). The van der Waals surface area contributed by atoms with Crippen molar-refractivity contribution in [1.82, 2.24) is 9.80 Å². The van der Waals surface area contributed by atoms with E-state index in [1.165, 1.54) is 0 Å². The van der Waals surface area contributed by atoms with Gasteiger partial charge in [0.1, 0.15) is 0 Å². The number of nitrogens with zero attached hydrogens (tertiary/aromatic N) is 2. The average Bonchev–Trinajstić information content (AvgIpc) is 3.02. The van der Waals surface area contributed by atoms with Crippen LogP contribution < -0.4 is 5.73 Å². The summed E-state index contributed by atoms with van der Waals surface area (Å²) in [5, 5.41) is 0. The van der Waals surface area contributed by atoms with Crippen LogP contribution in [-0.4, -0.2) is 61.5 Å². The first-order chi connectivity index (χ1) is 13.6. The van der Waals surface area contributed by atoms with Gasteiger partial charge in [0.05, 0.1) is 13.2 Å². The fourth-order valence-electron chi connectivity index (χ4n) is 3.30. The van der Waals surface area contributed by atoms with E-state index in [1.54, 1.807) is 11.9 Å². The van der Waals surface area contributed by atoms with Crippen molar-refractivity contribution in [3.05, 3.63) is 59.7 Å². The van der Waals surface area contributed by atoms with E-state index in [9.17, 15) is 9.59 Å². The molecule has 0 atom stereocenters. The topological polar surface area (TPSA) is 75.9 Å². The van der Waals surface area contributed by atoms with Crippen molar-refractivity contribution < 1.29 is 14.3 Å². The van der Waals surface area contributed by atoms with Crippen LogP contribution in [0.3, 0.4) is 0 Å². The zero-order chi connectivity index (χ0) is 19.9. The summed E-state index contributed by atoms with van der Waals surface area (Å²) in [5.74, 6) is -0.0418. The van der Waals surface area contributed by atoms with Gasteiger partial charge in [0.2, 0.25) is 5.91 Å². The Morgan fingerprint density at radius 1 is 1.07 bits per heavy atom. The van der Waals surface area contributed by atoms with E-state index in [0.29, 0.717) is 31.9 Å². The molecule has 1 saturated heterocycles. The van der Waals surface area contributed by atoms with Gasteiger partial charge < -0.3 is 20.3 Å². The Bertz CT molecular complexity index is 812. The van der Waals surface area contributed by atoms with Gasteiger partial charge in [-0.05, 0) is 41.3 Å². The first-order valence-corrected chi connectivity index (χ1v) is 9.59. The van der Waals surface area contributed by atoms with E-state index in [1.807, 2.05) is 47.4 Å². The Kier molecular flexibility index (Phi) is 6.79. The Morgan fingerprint density at radius 2 is 1.86 bits per heavy atom. The molecule has 148 valence electrons. The molecular weight excluding hydrogens is 354 g/mol. The predicted octanol–water partition coefficient (Wildman–Crippen LogP) is 2.13. The number of amides is 2. The molecule has 1 fully saturated rings. The van der Waals surface area contributed by atoms with Crippen molar-refractivity contribution in [3.63, 3.8) is 0 Å². The summed E-state index contributed by atoms with van der Waals surface area (Å²) < 4.78 is 5.42. The SMILES string of the molecule is CN(Cc1cccc(-c2ccc(C(=O)N3CCCOCC3)cc2)c1)C(=O)CN. The van der Waals surface area contributed by atoms with E-state index in [0.717, 1.165) is 29.7 Å². The summed E-state index contributed by atoms with van der Waals surface area (Å²) in [6, 6.07) is 15.7. The Balaban J connectivity index is 1.71. The third kappa shape index (κ3) is 4.97. The highest BCUT2D eigenvalue weighted by Crippen LogP contribution is 2.22. The lowest BCUT2D eigenvalue weighted by molar-refractivity contribution is -0.128. The van der Waals surface area contributed by atoms with Crippen LogP contribution in [0.4, 0.5) is 0 Å². The second kappa shape index (κ2) is 9.48. The number of hydrogen-bond acceptors (Lipinski definition) is 4. The molecular formula is C22H27N3O3. The van der Waals surface area contributed by atoms with Crippen molar-refractivity contribution in [3.8, 4) is 11.1 Å². The quantitative estimate of drug-likeness (QED) is 0.861. The Hall–Kier alpha value is -2.70. The van der Waals surface area contributed by atoms with Crippen molar-refractivity contribution in [2.24, 2.45) is 5.73 Å². The van der Waals surface area contributed by atoms with Gasteiger partial charge in [0.25, 0.3) is 5.91 Å². The number of hydrogen-bond donors (Lipinski definition) is 1. The standard InChI is InChI=1S/C22H27N3O3/c1-24(21(26)15-23)16-17-4-2-5-20(14-17)18-6-8-19(9-7-18)22(27)25-10-3-12-28-13-11-25/h2,4-9,14H,3,10-13,15-16,23H2,1H3. The molecule has 2 N–H and O–H groups in total. The minimum atomic E-state index is -0.0906. The first-order valence-electron chi connectivity index (χ1n) is 9.59. The molecule has 0 aromatic heterocycles. The van der Waals surface area contributed by atoms with Crippen molar-refractivity contribution in [2.45, 2.75) is 13.0 Å². The number of carbonyl (C=O) groups is 2. The zero-order valence-electron chi connectivity index (χ0n) is 16.3. The summed E-state index contributed by atoms with van der Waals surface area (Å²) in [6.07, 6.45) is 0.873. The number of nitrogens with two attached hydrogens (primary N) is 1. The molecule has 2 amide bonds. The molecule has 28 heavy (non-hydrogen) atoms. The Morgan fingerprint density at radius 3 is 2.61 bits per heavy atom. The molecule has 1 heterocycles. The van der Waals surface area contributed by atoms with Crippen molar-refractivity contribution >= 4 is 11.8 Å². The number of rotatable bonds is 5. The van der Waals surface area contributed by atoms with Crippen LogP contribution in [0.5, 0.6) is 0 Å². The number of benzene rings is 2. The summed E-state index contributed by atoms with van der Waals surface area (Å²) in [6.45, 7) is 3.20. The second-order valence-electron chi connectivity index (χ2n) is 6.99. The summed E-state index contributed by atoms with van der Waals surface area (Å²) in [5.41, 5.74) is 9.23. The molecule has 0 unspecified atom stereocenters. The smallest absolute Gasteiger partial charge is 0.253 e. The summed E-state index contributed by atoms with van der Waals surface area (Å²) in [4.78, 5) is 27.8. The third-order valence-corrected chi connectivity index (χ3v) is 4.92. The second-order valence-corrected chi connectivity index (χ2v) is 6.99. The minimum absolute atomic E-state index is 0.00875. The molecule has 0 bridgehead atoms. The fourth-order valence-corrected chi connectivity index (χ4v) is 3.30. The maximum absolute atomic E-state index is 12.7. The largest absolute Gasteiger partial charge is 0.380 e. The van der Waals surface area contributed by atoms with Crippen LogP contribution in [0, 0.1) is 0 Å². The third-order valence-electron chi connectivity index (χ3n) is 4.92. The predicted molar refractivity (Wildman–Crippen MR) is 109 cm³/mol. The number of carbonyl (C=O) groups excluding carboxylic acids is 2. The number of ether oxygens (including phenoxy) is 1. The molecule has 1 aliphatic rings. The number of likely N-dealkylation sites (N-methyl/N-ethyl adjacent to an activating group) is 1. The molecule has 2 aromatic rings. The van der Waals surface area contributed by atoms with Crippen LogP contribution in [-0.2, 0) is 16.1 Å². The van der Waals surface area contributed by atoms with Gasteiger partial charge >= 0.3 is 0 Å². The monoisotopic (exact) mass is 381 g/mol. The molecule has 0 saturated carbocycles. The lowest BCUT2D eigenvalue weighted by Gasteiger charge is -2.19. The first kappa shape index (κ1) is 20.0. The van der Waals surface area contributed by atoms with Crippen LogP contribution >= 0.6 is 0 Å². The van der Waals surface area contributed by atoms with Crippen molar-refractivity contribution in [2.75, 3.05) is 39.9 Å². The van der Waals surface area contributed by atoms with Crippen LogP contribution in [0.15, 0.2) is 48.5 Å². The molecule has 6 nitrogen and oxygen atoms in total. The Labute approximate surface area is 165 Å². The highest BCUT2D eigenvalue weighted by atomic mass is 16.5. The summed E-state index contributed by atoms with van der Waals surface area (Å²) >= 11 is 0. The van der Waals surface area contributed by atoms with Gasteiger partial charge in [0.15, 0.2) is 0 Å². The maximum atomic E-state index is 12.7. The van der Waals surface area contributed by atoms with Gasteiger partial charge in [0, 0.05) is 38.9 Å². The lowest BCUT2D eigenvalue weighted by atomic mass is 10.0. The van der Waals surface area contributed by atoms with Gasteiger partial charge in [-0.2, -0.15) is 0 Å². The van der Waals surface area contributed by atoms with E-state index >= 15 is 0 Å². The highest BCUT2D eigenvalue weighted by Gasteiger charge is 2.17. The van der Waals surface area contributed by atoms with Crippen molar-refractivity contribution in [1.29, 1.82) is 0 Å². The normalized spacial score (nSPS) is 14.4. The van der Waals surface area contributed by atoms with Crippen LogP contribution in [0.1, 0.15) is 22.3 Å². The van der Waals surface area contributed by atoms with Gasteiger partial charge in [-0.25, -0.2) is 0 Å². The minimum Gasteiger partial charge on any atom is -0.380 e. The van der Waals surface area contributed by atoms with Crippen LogP contribution in [0.25, 0.3) is 11.1 Å². The zero-order valence-corrected chi connectivity index (χ0v) is 16.3. The maximum Gasteiger partial charge on any atom is 0.253 e. The highest BCUT2D eigenvalue weighted by molar-refractivity contribution is 5.94. The van der Waals surface area contributed by atoms with E-state index in [-0.39, 0.29) is 18.4 Å². The van der Waals surface area contributed by atoms with E-state index < -0.39 is 0 Å². The lowest BCUT2D eigenvalue weighted by Crippen LogP contribution is -2.33. The summed E-state index contributed by atoms with van der Waals surface area (Å²) in [7, 11) is 1.75. The molecule has 1 aliphatic heterocycles. The van der Waals surface area contributed by atoms with Crippen LogP contribution in [0.2, 0.25) is 0 Å². The van der Waals surface area contributed by atoms with E-state index in [4.69, 9.17) is 10.5 Å². The molecule has 2 aromatic carbocycles. The average molecular weight is 381 g/mol. The fraction of sp³-hybridized carbons (Fsp3) is 0.364. The van der Waals surface area contributed by atoms with Gasteiger partial charge in [-0.3, -0.25) is 9.59 Å².